The molecule has 1 aliphatic heterocycles. The van der Waals surface area contributed by atoms with Gasteiger partial charge in [0.25, 0.3) is 0 Å². The maximum atomic E-state index is 12.4. The number of rotatable bonds is 9. The molecule has 5 rings (SSSR count). The maximum Gasteiger partial charge on any atom is 0.573 e. The fraction of sp³-hybridized carbons (Fsp3) is 0.269. The SMILES string of the molecule is O=C(Cc1cccc(OC(F)(F)F)c1)Nc1ccc(N2CCC(c3nnc(NC(=O)Cc4ccccn4)s3)C2)nn1. The molecular weight excluding hydrogens is 561 g/mol. The summed E-state index contributed by atoms with van der Waals surface area (Å²) in [5, 5.41) is 23.2. The van der Waals surface area contributed by atoms with Crippen LogP contribution in [0.15, 0.2) is 60.8 Å². The molecule has 1 aromatic carbocycles. The summed E-state index contributed by atoms with van der Waals surface area (Å²) in [5.74, 6) is -0.135. The van der Waals surface area contributed by atoms with Gasteiger partial charge in [0.15, 0.2) is 11.6 Å². The van der Waals surface area contributed by atoms with Gasteiger partial charge in [-0.3, -0.25) is 14.6 Å². The number of hydrogen-bond donors (Lipinski definition) is 2. The van der Waals surface area contributed by atoms with E-state index in [0.29, 0.717) is 35.3 Å². The summed E-state index contributed by atoms with van der Waals surface area (Å²) >= 11 is 1.33. The van der Waals surface area contributed by atoms with E-state index in [1.54, 1.807) is 30.5 Å². The van der Waals surface area contributed by atoms with Gasteiger partial charge in [-0.2, -0.15) is 0 Å². The first-order valence-corrected chi connectivity index (χ1v) is 13.3. The number of nitrogens with zero attached hydrogens (tertiary/aromatic N) is 6. The molecule has 0 radical (unpaired) electrons. The quantitative estimate of drug-likeness (QED) is 0.300. The van der Waals surface area contributed by atoms with Gasteiger partial charge in [-0.1, -0.05) is 29.5 Å². The molecule has 4 heterocycles. The van der Waals surface area contributed by atoms with Gasteiger partial charge in [0.1, 0.15) is 10.8 Å². The Kier molecular flexibility index (Phi) is 8.33. The molecule has 41 heavy (non-hydrogen) atoms. The van der Waals surface area contributed by atoms with Gasteiger partial charge < -0.3 is 20.3 Å². The number of aromatic nitrogens is 5. The lowest BCUT2D eigenvalue weighted by atomic mass is 10.1. The summed E-state index contributed by atoms with van der Waals surface area (Å²) < 4.78 is 41.2. The van der Waals surface area contributed by atoms with Crippen LogP contribution < -0.4 is 20.3 Å². The minimum Gasteiger partial charge on any atom is -0.406 e. The van der Waals surface area contributed by atoms with E-state index in [9.17, 15) is 22.8 Å². The van der Waals surface area contributed by atoms with Crippen molar-refractivity contribution in [2.24, 2.45) is 0 Å². The van der Waals surface area contributed by atoms with Crippen molar-refractivity contribution in [3.8, 4) is 5.75 Å². The third kappa shape index (κ3) is 7.94. The van der Waals surface area contributed by atoms with Gasteiger partial charge in [0.05, 0.1) is 12.8 Å². The van der Waals surface area contributed by atoms with Crippen LogP contribution in [0.3, 0.4) is 0 Å². The van der Waals surface area contributed by atoms with E-state index in [0.717, 1.165) is 23.6 Å². The van der Waals surface area contributed by atoms with Crippen molar-refractivity contribution in [3.05, 3.63) is 77.1 Å². The molecule has 1 fully saturated rings. The summed E-state index contributed by atoms with van der Waals surface area (Å²) in [7, 11) is 0. The molecule has 1 aliphatic rings. The molecule has 1 atom stereocenters. The zero-order valence-electron chi connectivity index (χ0n) is 21.3. The van der Waals surface area contributed by atoms with Gasteiger partial charge in [0.2, 0.25) is 16.9 Å². The Balaban J connectivity index is 1.11. The van der Waals surface area contributed by atoms with Crippen LogP contribution in [0.4, 0.5) is 29.9 Å². The lowest BCUT2D eigenvalue weighted by molar-refractivity contribution is -0.274. The van der Waals surface area contributed by atoms with E-state index in [2.05, 4.69) is 40.7 Å². The molecule has 1 saturated heterocycles. The normalized spacial score (nSPS) is 15.0. The topological polar surface area (TPSA) is 135 Å². The minimum absolute atomic E-state index is 0.104. The molecule has 2 amide bonds. The monoisotopic (exact) mass is 584 g/mol. The number of carbonyl (C=O) groups excluding carboxylic acids is 2. The summed E-state index contributed by atoms with van der Waals surface area (Å²) in [4.78, 5) is 30.9. The zero-order chi connectivity index (χ0) is 28.8. The predicted molar refractivity (Wildman–Crippen MR) is 144 cm³/mol. The summed E-state index contributed by atoms with van der Waals surface area (Å²) in [6.07, 6.45) is -2.39. The Labute approximate surface area is 235 Å². The number of amides is 2. The minimum atomic E-state index is -4.81. The molecule has 0 spiro atoms. The van der Waals surface area contributed by atoms with Crippen molar-refractivity contribution >= 4 is 39.9 Å². The number of hydrogen-bond acceptors (Lipinski definition) is 10. The smallest absolute Gasteiger partial charge is 0.406 e. The average molecular weight is 585 g/mol. The van der Waals surface area contributed by atoms with Crippen molar-refractivity contribution in [2.75, 3.05) is 28.6 Å². The van der Waals surface area contributed by atoms with E-state index < -0.39 is 18.0 Å². The van der Waals surface area contributed by atoms with Crippen LogP contribution in [-0.2, 0) is 22.4 Å². The van der Waals surface area contributed by atoms with Crippen molar-refractivity contribution in [1.82, 2.24) is 25.4 Å². The lowest BCUT2D eigenvalue weighted by Crippen LogP contribution is -2.21. The highest BCUT2D eigenvalue weighted by Crippen LogP contribution is 2.33. The lowest BCUT2D eigenvalue weighted by Gasteiger charge is -2.16. The fourth-order valence-corrected chi connectivity index (χ4v) is 5.12. The Morgan fingerprint density at radius 2 is 1.83 bits per heavy atom. The highest BCUT2D eigenvalue weighted by Gasteiger charge is 2.31. The molecular formula is C26H23F3N8O3S. The van der Waals surface area contributed by atoms with E-state index in [4.69, 9.17) is 0 Å². The first kappa shape index (κ1) is 27.9. The van der Waals surface area contributed by atoms with Gasteiger partial charge in [-0.25, -0.2) is 0 Å². The molecule has 2 N–H and O–H groups in total. The second kappa shape index (κ2) is 12.2. The highest BCUT2D eigenvalue weighted by atomic mass is 32.1. The molecule has 3 aromatic heterocycles. The van der Waals surface area contributed by atoms with E-state index >= 15 is 0 Å². The summed E-state index contributed by atoms with van der Waals surface area (Å²) in [6.45, 7) is 1.34. The van der Waals surface area contributed by atoms with Crippen molar-refractivity contribution < 1.29 is 27.5 Å². The van der Waals surface area contributed by atoms with Crippen LogP contribution in [0, 0.1) is 0 Å². The second-order valence-electron chi connectivity index (χ2n) is 9.12. The Morgan fingerprint density at radius 3 is 2.59 bits per heavy atom. The second-order valence-corrected chi connectivity index (χ2v) is 10.1. The van der Waals surface area contributed by atoms with Gasteiger partial charge in [-0.15, -0.1) is 33.6 Å². The fourth-order valence-electron chi connectivity index (χ4n) is 4.24. The van der Waals surface area contributed by atoms with E-state index in [-0.39, 0.29) is 30.5 Å². The van der Waals surface area contributed by atoms with Crippen LogP contribution in [0.1, 0.15) is 28.6 Å². The van der Waals surface area contributed by atoms with Crippen LogP contribution in [0.5, 0.6) is 5.75 Å². The predicted octanol–water partition coefficient (Wildman–Crippen LogP) is 3.98. The molecule has 1 unspecified atom stereocenters. The number of alkyl halides is 3. The highest BCUT2D eigenvalue weighted by molar-refractivity contribution is 7.15. The maximum absolute atomic E-state index is 12.4. The van der Waals surface area contributed by atoms with Crippen LogP contribution in [0.25, 0.3) is 0 Å². The average Bonchev–Trinajstić information content (AvgIpc) is 3.59. The van der Waals surface area contributed by atoms with Gasteiger partial charge in [0, 0.05) is 30.9 Å². The molecule has 11 nitrogen and oxygen atoms in total. The van der Waals surface area contributed by atoms with Crippen molar-refractivity contribution in [2.45, 2.75) is 31.5 Å². The number of carbonyl (C=O) groups is 2. The number of pyridine rings is 1. The summed E-state index contributed by atoms with van der Waals surface area (Å²) in [5.41, 5.74) is 1.02. The summed E-state index contributed by atoms with van der Waals surface area (Å²) in [6, 6.07) is 13.9. The van der Waals surface area contributed by atoms with Crippen LogP contribution in [-0.4, -0.2) is 56.6 Å². The number of halogens is 3. The third-order valence-electron chi connectivity index (χ3n) is 6.03. The molecule has 212 valence electrons. The van der Waals surface area contributed by atoms with Crippen LogP contribution >= 0.6 is 11.3 Å². The van der Waals surface area contributed by atoms with Gasteiger partial charge >= 0.3 is 6.36 Å². The number of anilines is 3. The zero-order valence-corrected chi connectivity index (χ0v) is 22.2. The van der Waals surface area contributed by atoms with Gasteiger partial charge in [-0.05, 0) is 48.4 Å². The number of nitrogens with one attached hydrogen (secondary N) is 2. The molecule has 0 aliphatic carbocycles. The Bertz CT molecular complexity index is 1500. The molecule has 15 heteroatoms. The molecule has 0 bridgehead atoms. The molecule has 4 aromatic rings. The Hall–Kier alpha value is -4.66. The van der Waals surface area contributed by atoms with E-state index in [1.165, 1.54) is 23.5 Å². The Morgan fingerprint density at radius 1 is 0.976 bits per heavy atom. The van der Waals surface area contributed by atoms with Crippen LogP contribution in [0.2, 0.25) is 0 Å². The number of benzene rings is 1. The largest absolute Gasteiger partial charge is 0.573 e. The van der Waals surface area contributed by atoms with E-state index in [1.807, 2.05) is 11.0 Å². The number of ether oxygens (including phenoxy) is 1. The first-order valence-electron chi connectivity index (χ1n) is 12.5. The van der Waals surface area contributed by atoms with Crippen molar-refractivity contribution in [3.63, 3.8) is 0 Å². The standard InChI is InChI=1S/C26H23F3N8O3S/c27-26(28,29)40-19-6-3-4-16(12-19)13-22(38)31-20-7-8-21(34-33-20)37-11-9-17(15-37)24-35-36-25(41-24)32-23(39)14-18-5-1-2-10-30-18/h1-8,10,12,17H,9,11,13-15H2,(H,31,33,38)(H,32,36,39). The first-order chi connectivity index (χ1) is 19.7. The molecule has 0 saturated carbocycles. The van der Waals surface area contributed by atoms with Crippen molar-refractivity contribution in [1.29, 1.82) is 0 Å². The third-order valence-corrected chi connectivity index (χ3v) is 7.03.